The average Bonchev–Trinajstić information content (AvgIpc) is 2.95. The van der Waals surface area contributed by atoms with Gasteiger partial charge in [-0.15, -0.1) is 10.2 Å². The first-order chi connectivity index (χ1) is 10.6. The Labute approximate surface area is 133 Å². The molecule has 122 valence electrons. The highest BCUT2D eigenvalue weighted by Gasteiger charge is 2.18. The molecule has 1 aliphatic rings. The van der Waals surface area contributed by atoms with Gasteiger partial charge >= 0.3 is 6.03 Å². The van der Waals surface area contributed by atoms with Crippen LogP contribution in [0.15, 0.2) is 9.64 Å². The second-order valence-electron chi connectivity index (χ2n) is 5.34. The van der Waals surface area contributed by atoms with Gasteiger partial charge in [0, 0.05) is 7.05 Å². The van der Waals surface area contributed by atoms with Crippen LogP contribution in [0.4, 0.5) is 4.79 Å². The quantitative estimate of drug-likeness (QED) is 0.773. The second kappa shape index (κ2) is 8.14. The van der Waals surface area contributed by atoms with E-state index in [1.54, 1.807) is 0 Å². The predicted octanol–water partition coefficient (Wildman–Crippen LogP) is 0.849. The lowest BCUT2D eigenvalue weighted by atomic mass is 9.99. The molecule has 0 unspecified atom stereocenters. The van der Waals surface area contributed by atoms with Crippen LogP contribution in [0.1, 0.15) is 25.7 Å². The number of urea groups is 1. The fourth-order valence-electron chi connectivity index (χ4n) is 2.12. The van der Waals surface area contributed by atoms with E-state index in [1.807, 2.05) is 0 Å². The predicted molar refractivity (Wildman–Crippen MR) is 81.3 cm³/mol. The van der Waals surface area contributed by atoms with Gasteiger partial charge in [0.1, 0.15) is 0 Å². The molecule has 1 aromatic rings. The van der Waals surface area contributed by atoms with E-state index in [0.29, 0.717) is 17.7 Å². The maximum absolute atomic E-state index is 11.4. The molecule has 3 amide bonds. The number of nitrogens with zero attached hydrogens (tertiary/aromatic N) is 3. The number of hydrogen-bond acceptors (Lipinski definition) is 7. The fraction of sp³-hybridized carbons (Fsp3) is 0.692. The zero-order valence-corrected chi connectivity index (χ0v) is 13.6. The Bertz CT molecular complexity index is 514. The van der Waals surface area contributed by atoms with Gasteiger partial charge in [0.05, 0.1) is 12.3 Å². The van der Waals surface area contributed by atoms with E-state index in [2.05, 4.69) is 32.7 Å². The second-order valence-corrected chi connectivity index (χ2v) is 6.26. The van der Waals surface area contributed by atoms with Gasteiger partial charge in [-0.1, -0.05) is 18.7 Å². The summed E-state index contributed by atoms with van der Waals surface area (Å²) in [5, 5.41) is 12.7. The molecule has 0 radical (unpaired) electrons. The summed E-state index contributed by atoms with van der Waals surface area (Å²) < 4.78 is 5.51. The van der Waals surface area contributed by atoms with Crippen molar-refractivity contribution in [3.05, 3.63) is 5.89 Å². The lowest BCUT2D eigenvalue weighted by Gasteiger charge is -2.28. The van der Waals surface area contributed by atoms with Crippen molar-refractivity contribution in [3.63, 3.8) is 0 Å². The summed E-state index contributed by atoms with van der Waals surface area (Å²) in [6, 6.07) is -0.531. The number of carbonyl (C=O) groups excluding carboxylic acids is 2. The van der Waals surface area contributed by atoms with E-state index in [1.165, 1.54) is 19.9 Å². The molecule has 0 bridgehead atoms. The first kappa shape index (κ1) is 16.8. The van der Waals surface area contributed by atoms with Gasteiger partial charge in [0.2, 0.25) is 11.8 Å². The van der Waals surface area contributed by atoms with Crippen molar-refractivity contribution < 1.29 is 14.0 Å². The number of carbonyl (C=O) groups is 2. The SMILES string of the molecule is CNC(=O)NC(=O)CSc1nnc(CN2CCC(C)CC2)o1. The molecule has 8 nitrogen and oxygen atoms in total. The van der Waals surface area contributed by atoms with Gasteiger partial charge in [-0.05, 0) is 31.8 Å². The number of imide groups is 1. The first-order valence-electron chi connectivity index (χ1n) is 7.26. The summed E-state index contributed by atoms with van der Waals surface area (Å²) in [6.07, 6.45) is 2.38. The summed E-state index contributed by atoms with van der Waals surface area (Å²) >= 11 is 1.11. The molecular weight excluding hydrogens is 306 g/mol. The monoisotopic (exact) mass is 327 g/mol. The Balaban J connectivity index is 1.74. The lowest BCUT2D eigenvalue weighted by molar-refractivity contribution is -0.117. The van der Waals surface area contributed by atoms with Crippen LogP contribution in [-0.2, 0) is 11.3 Å². The minimum absolute atomic E-state index is 0.0519. The van der Waals surface area contributed by atoms with Crippen LogP contribution in [0.5, 0.6) is 0 Å². The zero-order valence-electron chi connectivity index (χ0n) is 12.8. The number of thioether (sulfide) groups is 1. The highest BCUT2D eigenvalue weighted by molar-refractivity contribution is 7.99. The molecule has 1 fully saturated rings. The van der Waals surface area contributed by atoms with Gasteiger partial charge in [-0.3, -0.25) is 15.0 Å². The van der Waals surface area contributed by atoms with Crippen molar-refractivity contribution >= 4 is 23.7 Å². The van der Waals surface area contributed by atoms with Crippen LogP contribution in [0.3, 0.4) is 0 Å². The van der Waals surface area contributed by atoms with Crippen LogP contribution < -0.4 is 10.6 Å². The third-order valence-corrected chi connectivity index (χ3v) is 4.31. The molecule has 9 heteroatoms. The van der Waals surface area contributed by atoms with Crippen LogP contribution in [0, 0.1) is 5.92 Å². The highest BCUT2D eigenvalue weighted by atomic mass is 32.2. The van der Waals surface area contributed by atoms with E-state index < -0.39 is 11.9 Å². The molecule has 0 aliphatic carbocycles. The maximum atomic E-state index is 11.4. The molecule has 2 rings (SSSR count). The number of nitrogens with one attached hydrogen (secondary N) is 2. The van der Waals surface area contributed by atoms with E-state index in [9.17, 15) is 9.59 Å². The van der Waals surface area contributed by atoms with Crippen molar-refractivity contribution in [3.8, 4) is 0 Å². The van der Waals surface area contributed by atoms with E-state index in [-0.39, 0.29) is 5.75 Å². The number of hydrogen-bond donors (Lipinski definition) is 2. The summed E-state index contributed by atoms with van der Waals surface area (Å²) in [6.45, 7) is 4.99. The summed E-state index contributed by atoms with van der Waals surface area (Å²) in [4.78, 5) is 24.7. The maximum Gasteiger partial charge on any atom is 0.321 e. The van der Waals surface area contributed by atoms with E-state index >= 15 is 0 Å². The third-order valence-electron chi connectivity index (χ3n) is 3.49. The number of aromatic nitrogens is 2. The van der Waals surface area contributed by atoms with Gasteiger partial charge in [0.25, 0.3) is 5.22 Å². The Morgan fingerprint density at radius 3 is 2.77 bits per heavy atom. The number of amides is 3. The molecule has 1 saturated heterocycles. The van der Waals surface area contributed by atoms with Crippen LogP contribution >= 0.6 is 11.8 Å². The highest BCUT2D eigenvalue weighted by Crippen LogP contribution is 2.20. The molecule has 0 aromatic carbocycles. The largest absolute Gasteiger partial charge is 0.415 e. The minimum Gasteiger partial charge on any atom is -0.415 e. The van der Waals surface area contributed by atoms with Crippen molar-refractivity contribution in [2.24, 2.45) is 5.92 Å². The number of likely N-dealkylation sites (tertiary alicyclic amines) is 1. The smallest absolute Gasteiger partial charge is 0.321 e. The van der Waals surface area contributed by atoms with Crippen molar-refractivity contribution in [1.82, 2.24) is 25.7 Å². The summed E-state index contributed by atoms with van der Waals surface area (Å²) in [7, 11) is 1.45. The van der Waals surface area contributed by atoms with E-state index in [4.69, 9.17) is 4.42 Å². The van der Waals surface area contributed by atoms with Gasteiger partial charge < -0.3 is 9.73 Å². The Kier molecular flexibility index (Phi) is 6.20. The third kappa shape index (κ3) is 5.30. The Morgan fingerprint density at radius 2 is 2.09 bits per heavy atom. The van der Waals surface area contributed by atoms with E-state index in [0.717, 1.165) is 30.8 Å². The lowest BCUT2D eigenvalue weighted by Crippen LogP contribution is -2.38. The number of rotatable bonds is 5. The topological polar surface area (TPSA) is 100 Å². The van der Waals surface area contributed by atoms with Crippen LogP contribution in [-0.4, -0.2) is 52.9 Å². The van der Waals surface area contributed by atoms with Gasteiger partial charge in [0.15, 0.2) is 0 Å². The molecule has 2 N–H and O–H groups in total. The van der Waals surface area contributed by atoms with Crippen molar-refractivity contribution in [2.45, 2.75) is 31.5 Å². The number of piperidine rings is 1. The molecular formula is C13H21N5O3S. The molecule has 2 heterocycles. The van der Waals surface area contributed by atoms with Crippen molar-refractivity contribution in [1.29, 1.82) is 0 Å². The average molecular weight is 327 g/mol. The standard InChI is InChI=1S/C13H21N5O3S/c1-9-3-5-18(6-4-9)7-11-16-17-13(21-11)22-8-10(19)15-12(20)14-2/h9H,3-8H2,1-2H3,(H2,14,15,19,20). The molecule has 1 aliphatic heterocycles. The molecule has 0 spiro atoms. The molecule has 0 atom stereocenters. The fourth-order valence-corrected chi connectivity index (χ4v) is 2.70. The first-order valence-corrected chi connectivity index (χ1v) is 8.24. The molecule has 0 saturated carbocycles. The van der Waals surface area contributed by atoms with Gasteiger partial charge in [-0.2, -0.15) is 0 Å². The normalized spacial score (nSPS) is 16.5. The zero-order chi connectivity index (χ0) is 15.9. The van der Waals surface area contributed by atoms with Crippen LogP contribution in [0.2, 0.25) is 0 Å². The molecule has 22 heavy (non-hydrogen) atoms. The summed E-state index contributed by atoms with van der Waals surface area (Å²) in [5.41, 5.74) is 0. The van der Waals surface area contributed by atoms with Crippen molar-refractivity contribution in [2.75, 3.05) is 25.9 Å². The Morgan fingerprint density at radius 1 is 1.36 bits per heavy atom. The van der Waals surface area contributed by atoms with Crippen LogP contribution in [0.25, 0.3) is 0 Å². The Hall–Kier alpha value is -1.61. The van der Waals surface area contributed by atoms with Gasteiger partial charge in [-0.25, -0.2) is 4.79 Å². The molecule has 1 aromatic heterocycles. The summed E-state index contributed by atoms with van der Waals surface area (Å²) in [5.74, 6) is 0.984. The minimum atomic E-state index is -0.531.